The lowest BCUT2D eigenvalue weighted by atomic mass is 9.93. The molecular formula is C33H26N2O4. The molecule has 2 aromatic heterocycles. The van der Waals surface area contributed by atoms with Crippen LogP contribution in [-0.4, -0.2) is 24.2 Å². The maximum Gasteiger partial charge on any atom is 0.193 e. The molecular weight excluding hydrogens is 488 g/mol. The highest BCUT2D eigenvalue weighted by Gasteiger charge is 2.20. The summed E-state index contributed by atoms with van der Waals surface area (Å²) in [6.45, 7) is 0. The van der Waals surface area contributed by atoms with Crippen molar-refractivity contribution < 1.29 is 9.47 Å². The molecule has 0 bridgehead atoms. The van der Waals surface area contributed by atoms with Crippen molar-refractivity contribution in [2.75, 3.05) is 14.2 Å². The minimum Gasteiger partial charge on any atom is -0.497 e. The molecule has 39 heavy (non-hydrogen) atoms. The first-order chi connectivity index (χ1) is 19.1. The van der Waals surface area contributed by atoms with Gasteiger partial charge in [0, 0.05) is 28.3 Å². The molecule has 192 valence electrons. The van der Waals surface area contributed by atoms with E-state index in [0.29, 0.717) is 55.8 Å². The Labute approximate surface area is 224 Å². The number of aromatic nitrogens is 2. The summed E-state index contributed by atoms with van der Waals surface area (Å²) in [5.74, 6) is 1.18. The van der Waals surface area contributed by atoms with Crippen LogP contribution in [0.25, 0.3) is 44.3 Å². The van der Waals surface area contributed by atoms with Gasteiger partial charge in [0.25, 0.3) is 0 Å². The van der Waals surface area contributed by atoms with Crippen molar-refractivity contribution in [1.82, 2.24) is 9.97 Å². The summed E-state index contributed by atoms with van der Waals surface area (Å²) in [6.07, 6.45) is 0.124. The SMILES string of the molecule is COc1ccc2[nH]c(-c3ccccc3)c(Cc3c(-c4ccccc4)[nH]c4ccc(OC)cc4c3=O)c(=O)c2c1. The molecule has 0 atom stereocenters. The Morgan fingerprint density at radius 3 is 1.36 bits per heavy atom. The van der Waals surface area contributed by atoms with Crippen LogP contribution in [0.5, 0.6) is 11.5 Å². The molecule has 6 heteroatoms. The summed E-state index contributed by atoms with van der Waals surface area (Å²) in [7, 11) is 3.15. The van der Waals surface area contributed by atoms with Crippen LogP contribution in [0.1, 0.15) is 11.1 Å². The lowest BCUT2D eigenvalue weighted by Crippen LogP contribution is -2.19. The van der Waals surface area contributed by atoms with E-state index in [1.165, 1.54) is 0 Å². The molecule has 6 rings (SSSR count). The summed E-state index contributed by atoms with van der Waals surface area (Å²) in [4.78, 5) is 35.2. The summed E-state index contributed by atoms with van der Waals surface area (Å²) >= 11 is 0. The average molecular weight is 515 g/mol. The highest BCUT2D eigenvalue weighted by atomic mass is 16.5. The fourth-order valence-electron chi connectivity index (χ4n) is 5.08. The number of aromatic amines is 2. The fraction of sp³-hybridized carbons (Fsp3) is 0.0909. The van der Waals surface area contributed by atoms with Gasteiger partial charge in [0.2, 0.25) is 0 Å². The largest absolute Gasteiger partial charge is 0.497 e. The molecule has 0 aliphatic heterocycles. The Hall–Kier alpha value is -5.10. The molecule has 6 aromatic rings. The number of hydrogen-bond donors (Lipinski definition) is 2. The van der Waals surface area contributed by atoms with E-state index in [9.17, 15) is 9.59 Å². The Kier molecular flexibility index (Phi) is 6.21. The van der Waals surface area contributed by atoms with Crippen LogP contribution >= 0.6 is 0 Å². The minimum atomic E-state index is -0.148. The van der Waals surface area contributed by atoms with Crippen molar-refractivity contribution in [2.24, 2.45) is 0 Å². The van der Waals surface area contributed by atoms with E-state index in [2.05, 4.69) is 9.97 Å². The lowest BCUT2D eigenvalue weighted by Gasteiger charge is -2.16. The second-order valence-electron chi connectivity index (χ2n) is 9.35. The number of ether oxygens (including phenoxy) is 2. The van der Waals surface area contributed by atoms with Gasteiger partial charge >= 0.3 is 0 Å². The van der Waals surface area contributed by atoms with Crippen molar-refractivity contribution in [3.05, 3.63) is 129 Å². The molecule has 0 unspecified atom stereocenters. The molecule has 2 heterocycles. The maximum absolute atomic E-state index is 14.1. The third-order valence-corrected chi connectivity index (χ3v) is 7.09. The number of nitrogens with one attached hydrogen (secondary N) is 2. The van der Waals surface area contributed by atoms with E-state index in [-0.39, 0.29) is 17.3 Å². The number of rotatable bonds is 6. The van der Waals surface area contributed by atoms with Gasteiger partial charge in [-0.3, -0.25) is 9.59 Å². The Balaban J connectivity index is 1.67. The van der Waals surface area contributed by atoms with E-state index in [1.807, 2.05) is 84.9 Å². The second kappa shape index (κ2) is 9.99. The second-order valence-corrected chi connectivity index (χ2v) is 9.35. The van der Waals surface area contributed by atoms with Gasteiger partial charge in [-0.25, -0.2) is 0 Å². The summed E-state index contributed by atoms with van der Waals surface area (Å²) < 4.78 is 10.8. The number of methoxy groups -OCH3 is 2. The van der Waals surface area contributed by atoms with Crippen molar-refractivity contribution in [3.63, 3.8) is 0 Å². The lowest BCUT2D eigenvalue weighted by molar-refractivity contribution is 0.415. The summed E-state index contributed by atoms with van der Waals surface area (Å²) in [5.41, 5.74) is 5.21. The molecule has 0 amide bonds. The zero-order valence-electron chi connectivity index (χ0n) is 21.6. The normalized spacial score (nSPS) is 11.1. The highest BCUT2D eigenvalue weighted by Crippen LogP contribution is 2.30. The Morgan fingerprint density at radius 1 is 0.564 bits per heavy atom. The minimum absolute atomic E-state index is 0.124. The van der Waals surface area contributed by atoms with Gasteiger partial charge in [0.1, 0.15) is 11.5 Å². The van der Waals surface area contributed by atoms with Gasteiger partial charge in [-0.05, 0) is 47.5 Å². The predicted molar refractivity (Wildman–Crippen MR) is 156 cm³/mol. The van der Waals surface area contributed by atoms with Crippen LogP contribution < -0.4 is 20.3 Å². The molecule has 4 aromatic carbocycles. The molecule has 0 saturated carbocycles. The Bertz CT molecular complexity index is 1800. The summed E-state index contributed by atoms with van der Waals surface area (Å²) in [5, 5.41) is 1.01. The monoisotopic (exact) mass is 514 g/mol. The van der Waals surface area contributed by atoms with Crippen LogP contribution in [0.3, 0.4) is 0 Å². The number of hydrogen-bond acceptors (Lipinski definition) is 4. The number of H-pyrrole nitrogens is 2. The fourth-order valence-corrected chi connectivity index (χ4v) is 5.08. The molecule has 0 radical (unpaired) electrons. The smallest absolute Gasteiger partial charge is 0.193 e. The molecule has 0 saturated heterocycles. The van der Waals surface area contributed by atoms with Crippen molar-refractivity contribution in [3.8, 4) is 34.0 Å². The molecule has 0 aliphatic rings. The van der Waals surface area contributed by atoms with E-state index < -0.39 is 0 Å². The van der Waals surface area contributed by atoms with Crippen molar-refractivity contribution in [1.29, 1.82) is 0 Å². The third-order valence-electron chi connectivity index (χ3n) is 7.09. The van der Waals surface area contributed by atoms with Crippen LogP contribution in [-0.2, 0) is 6.42 Å². The number of fused-ring (bicyclic) bond motifs is 2. The predicted octanol–water partition coefficient (Wildman–Crippen LogP) is 6.31. The van der Waals surface area contributed by atoms with Crippen LogP contribution in [0.2, 0.25) is 0 Å². The average Bonchev–Trinajstić information content (AvgIpc) is 3.00. The standard InChI is InChI=1S/C33H26N2O4/c1-38-22-13-15-28-24(17-22)32(36)26(30(34-28)20-9-5-3-6-10-20)19-27-31(21-11-7-4-8-12-21)35-29-16-14-23(39-2)18-25(29)33(27)37/h3-18H,19H2,1-2H3,(H,34,36)(H,35,37). The first-order valence-electron chi connectivity index (χ1n) is 12.6. The van der Waals surface area contributed by atoms with E-state index in [0.717, 1.165) is 11.1 Å². The molecule has 0 fully saturated rings. The van der Waals surface area contributed by atoms with E-state index in [1.54, 1.807) is 26.4 Å². The summed E-state index contributed by atoms with van der Waals surface area (Å²) in [6, 6.07) is 30.2. The van der Waals surface area contributed by atoms with Gasteiger partial charge in [-0.2, -0.15) is 0 Å². The van der Waals surface area contributed by atoms with Crippen molar-refractivity contribution in [2.45, 2.75) is 6.42 Å². The maximum atomic E-state index is 14.1. The third kappa shape index (κ3) is 4.36. The zero-order valence-corrected chi connectivity index (χ0v) is 21.6. The van der Waals surface area contributed by atoms with Gasteiger partial charge in [0.05, 0.1) is 36.6 Å². The highest BCUT2D eigenvalue weighted by molar-refractivity contribution is 5.87. The van der Waals surface area contributed by atoms with Gasteiger partial charge in [-0.15, -0.1) is 0 Å². The van der Waals surface area contributed by atoms with Gasteiger partial charge < -0.3 is 19.4 Å². The van der Waals surface area contributed by atoms with Crippen LogP contribution in [0, 0.1) is 0 Å². The first-order valence-corrected chi connectivity index (χ1v) is 12.6. The van der Waals surface area contributed by atoms with Gasteiger partial charge in [-0.1, -0.05) is 60.7 Å². The van der Waals surface area contributed by atoms with Gasteiger partial charge in [0.15, 0.2) is 10.9 Å². The van der Waals surface area contributed by atoms with Crippen LogP contribution in [0.15, 0.2) is 107 Å². The van der Waals surface area contributed by atoms with E-state index >= 15 is 0 Å². The first kappa shape index (κ1) is 24.2. The van der Waals surface area contributed by atoms with Crippen LogP contribution in [0.4, 0.5) is 0 Å². The quantitative estimate of drug-likeness (QED) is 0.273. The molecule has 0 aliphatic carbocycles. The number of pyridine rings is 2. The zero-order chi connectivity index (χ0) is 26.9. The van der Waals surface area contributed by atoms with Crippen molar-refractivity contribution >= 4 is 21.8 Å². The number of benzene rings is 4. The Morgan fingerprint density at radius 2 is 0.974 bits per heavy atom. The molecule has 2 N–H and O–H groups in total. The van der Waals surface area contributed by atoms with E-state index in [4.69, 9.17) is 9.47 Å². The topological polar surface area (TPSA) is 84.2 Å². The molecule has 0 spiro atoms. The molecule has 6 nitrogen and oxygen atoms in total.